The van der Waals surface area contributed by atoms with Crippen molar-refractivity contribution in [2.75, 3.05) is 14.2 Å². The summed E-state index contributed by atoms with van der Waals surface area (Å²) < 4.78 is 17.2. The summed E-state index contributed by atoms with van der Waals surface area (Å²) in [5, 5.41) is 0. The first-order valence-electron chi connectivity index (χ1n) is 8.57. The Morgan fingerprint density at radius 2 is 2.00 bits per heavy atom. The van der Waals surface area contributed by atoms with Gasteiger partial charge in [-0.3, -0.25) is 9.20 Å². The predicted molar refractivity (Wildman–Crippen MR) is 105 cm³/mol. The topological polar surface area (TPSA) is 79.1 Å². The standard InChI is InChI=1S/C21H20N2O5/c1-14-6-5-11-23-18(24)12-16(22-21(14)23)13-28-19(25)10-9-15-7-4-8-17(26-2)20(15)27-3/h4-12H,13H2,1-3H3/b10-9+. The highest BCUT2D eigenvalue weighted by Crippen LogP contribution is 2.31. The minimum Gasteiger partial charge on any atom is -0.493 e. The number of aromatic nitrogens is 2. The molecular weight excluding hydrogens is 360 g/mol. The van der Waals surface area contributed by atoms with Crippen LogP contribution in [0.1, 0.15) is 16.8 Å². The number of aryl methyl sites for hydroxylation is 1. The molecule has 0 aliphatic rings. The van der Waals surface area contributed by atoms with Crippen LogP contribution in [0.3, 0.4) is 0 Å². The molecule has 0 aliphatic heterocycles. The van der Waals surface area contributed by atoms with E-state index in [0.717, 1.165) is 5.56 Å². The molecule has 0 amide bonds. The zero-order valence-corrected chi connectivity index (χ0v) is 15.8. The minimum absolute atomic E-state index is 0.0987. The molecule has 28 heavy (non-hydrogen) atoms. The summed E-state index contributed by atoms with van der Waals surface area (Å²) in [6, 6.07) is 10.3. The van der Waals surface area contributed by atoms with Crippen LogP contribution in [-0.4, -0.2) is 29.6 Å². The van der Waals surface area contributed by atoms with Gasteiger partial charge in [-0.2, -0.15) is 0 Å². The smallest absolute Gasteiger partial charge is 0.331 e. The van der Waals surface area contributed by atoms with Crippen LogP contribution in [0.25, 0.3) is 11.7 Å². The van der Waals surface area contributed by atoms with Gasteiger partial charge in [0.1, 0.15) is 12.3 Å². The molecule has 0 spiro atoms. The monoisotopic (exact) mass is 380 g/mol. The van der Waals surface area contributed by atoms with E-state index in [2.05, 4.69) is 4.98 Å². The molecule has 3 aromatic rings. The van der Waals surface area contributed by atoms with Gasteiger partial charge in [0.05, 0.1) is 19.9 Å². The molecule has 0 saturated carbocycles. The maximum Gasteiger partial charge on any atom is 0.331 e. The molecule has 144 valence electrons. The number of esters is 1. The van der Waals surface area contributed by atoms with Crippen LogP contribution in [0.4, 0.5) is 0 Å². The molecule has 0 unspecified atom stereocenters. The molecule has 1 aromatic carbocycles. The van der Waals surface area contributed by atoms with Crippen LogP contribution in [0.15, 0.2) is 53.5 Å². The highest BCUT2D eigenvalue weighted by molar-refractivity contribution is 5.87. The van der Waals surface area contributed by atoms with Gasteiger partial charge in [-0.05, 0) is 30.7 Å². The Balaban J connectivity index is 1.73. The van der Waals surface area contributed by atoms with Gasteiger partial charge in [0.15, 0.2) is 11.5 Å². The Bertz CT molecular complexity index is 1100. The van der Waals surface area contributed by atoms with Crippen molar-refractivity contribution in [2.45, 2.75) is 13.5 Å². The molecule has 7 heteroatoms. The first-order valence-corrected chi connectivity index (χ1v) is 8.57. The lowest BCUT2D eigenvalue weighted by atomic mass is 10.1. The number of rotatable bonds is 6. The maximum atomic E-state index is 12.2. The minimum atomic E-state index is -0.559. The molecule has 0 saturated heterocycles. The number of methoxy groups -OCH3 is 2. The molecule has 7 nitrogen and oxygen atoms in total. The zero-order valence-electron chi connectivity index (χ0n) is 15.8. The predicted octanol–water partition coefficient (Wildman–Crippen LogP) is 2.78. The second kappa shape index (κ2) is 8.39. The highest BCUT2D eigenvalue weighted by atomic mass is 16.5. The van der Waals surface area contributed by atoms with Crippen LogP contribution in [0.2, 0.25) is 0 Å². The number of para-hydroxylation sites is 1. The van der Waals surface area contributed by atoms with Crippen molar-refractivity contribution in [2.24, 2.45) is 0 Å². The fourth-order valence-corrected chi connectivity index (χ4v) is 2.78. The normalized spacial score (nSPS) is 11.0. The molecule has 0 fully saturated rings. The van der Waals surface area contributed by atoms with E-state index in [1.165, 1.54) is 23.7 Å². The van der Waals surface area contributed by atoms with E-state index in [1.54, 1.807) is 43.6 Å². The van der Waals surface area contributed by atoms with E-state index < -0.39 is 5.97 Å². The number of hydrogen-bond acceptors (Lipinski definition) is 6. The first-order chi connectivity index (χ1) is 13.5. The van der Waals surface area contributed by atoms with Crippen LogP contribution in [0.5, 0.6) is 11.5 Å². The SMILES string of the molecule is COc1cccc(/C=C/C(=O)OCc2cc(=O)n3cccc(C)c3n2)c1OC. The third kappa shape index (κ3) is 4.03. The Kier molecular flexibility index (Phi) is 5.74. The van der Waals surface area contributed by atoms with Gasteiger partial charge in [-0.1, -0.05) is 18.2 Å². The first kappa shape index (κ1) is 19.2. The van der Waals surface area contributed by atoms with Crippen molar-refractivity contribution in [3.63, 3.8) is 0 Å². The van der Waals surface area contributed by atoms with Crippen molar-refractivity contribution < 1.29 is 19.0 Å². The lowest BCUT2D eigenvalue weighted by Gasteiger charge is -2.09. The fraction of sp³-hybridized carbons (Fsp3) is 0.190. The fourth-order valence-electron chi connectivity index (χ4n) is 2.78. The van der Waals surface area contributed by atoms with Gasteiger partial charge in [0.2, 0.25) is 0 Å². The second-order valence-electron chi connectivity index (χ2n) is 5.99. The average molecular weight is 380 g/mol. The summed E-state index contributed by atoms with van der Waals surface area (Å²) in [7, 11) is 3.07. The van der Waals surface area contributed by atoms with E-state index >= 15 is 0 Å². The number of hydrogen-bond donors (Lipinski definition) is 0. The maximum absolute atomic E-state index is 12.2. The molecule has 0 atom stereocenters. The van der Waals surface area contributed by atoms with Crippen LogP contribution in [-0.2, 0) is 16.1 Å². The summed E-state index contributed by atoms with van der Waals surface area (Å²) in [4.78, 5) is 28.6. The van der Waals surface area contributed by atoms with Gasteiger partial charge < -0.3 is 14.2 Å². The van der Waals surface area contributed by atoms with E-state index in [9.17, 15) is 9.59 Å². The zero-order chi connectivity index (χ0) is 20.1. The van der Waals surface area contributed by atoms with E-state index in [4.69, 9.17) is 14.2 Å². The molecule has 2 aromatic heterocycles. The lowest BCUT2D eigenvalue weighted by Crippen LogP contribution is -2.17. The number of carbonyl (C=O) groups excluding carboxylic acids is 1. The molecular formula is C21H20N2O5. The Morgan fingerprint density at radius 3 is 2.75 bits per heavy atom. The van der Waals surface area contributed by atoms with Crippen LogP contribution in [0, 0.1) is 6.92 Å². The number of fused-ring (bicyclic) bond motifs is 1. The highest BCUT2D eigenvalue weighted by Gasteiger charge is 2.09. The van der Waals surface area contributed by atoms with Crippen molar-refractivity contribution in [1.29, 1.82) is 0 Å². The Hall–Kier alpha value is -3.61. The average Bonchev–Trinajstić information content (AvgIpc) is 2.71. The summed E-state index contributed by atoms with van der Waals surface area (Å²) in [5.41, 5.74) is 2.24. The molecule has 0 bridgehead atoms. The van der Waals surface area contributed by atoms with Crippen molar-refractivity contribution in [3.05, 3.63) is 75.8 Å². The number of ether oxygens (including phenoxy) is 3. The number of pyridine rings is 1. The van der Waals surface area contributed by atoms with Crippen LogP contribution >= 0.6 is 0 Å². The Labute approximate surface area is 161 Å². The van der Waals surface area contributed by atoms with Gasteiger partial charge in [0, 0.05) is 23.9 Å². The molecule has 2 heterocycles. The molecule has 0 aliphatic carbocycles. The molecule has 0 radical (unpaired) electrons. The number of nitrogens with zero attached hydrogens (tertiary/aromatic N) is 2. The largest absolute Gasteiger partial charge is 0.493 e. The van der Waals surface area contributed by atoms with Crippen LogP contribution < -0.4 is 15.0 Å². The number of benzene rings is 1. The lowest BCUT2D eigenvalue weighted by molar-refractivity contribution is -0.139. The third-order valence-corrected chi connectivity index (χ3v) is 4.13. The number of carbonyl (C=O) groups is 1. The second-order valence-corrected chi connectivity index (χ2v) is 5.99. The van der Waals surface area contributed by atoms with E-state index in [1.807, 2.05) is 13.0 Å². The van der Waals surface area contributed by atoms with E-state index in [0.29, 0.717) is 28.4 Å². The molecule has 0 N–H and O–H groups in total. The summed E-state index contributed by atoms with van der Waals surface area (Å²) >= 11 is 0. The van der Waals surface area contributed by atoms with E-state index in [-0.39, 0.29) is 12.2 Å². The van der Waals surface area contributed by atoms with Gasteiger partial charge in [-0.15, -0.1) is 0 Å². The van der Waals surface area contributed by atoms with Gasteiger partial charge in [0.25, 0.3) is 5.56 Å². The Morgan fingerprint density at radius 1 is 1.18 bits per heavy atom. The van der Waals surface area contributed by atoms with Crippen molar-refractivity contribution in [3.8, 4) is 11.5 Å². The van der Waals surface area contributed by atoms with Crippen molar-refractivity contribution >= 4 is 17.7 Å². The quantitative estimate of drug-likeness (QED) is 0.483. The van der Waals surface area contributed by atoms with Crippen molar-refractivity contribution in [1.82, 2.24) is 9.38 Å². The molecule has 3 rings (SSSR count). The van der Waals surface area contributed by atoms with Gasteiger partial charge in [-0.25, -0.2) is 9.78 Å². The third-order valence-electron chi connectivity index (χ3n) is 4.13. The summed E-state index contributed by atoms with van der Waals surface area (Å²) in [5.74, 6) is 0.527. The summed E-state index contributed by atoms with van der Waals surface area (Å²) in [6.07, 6.45) is 4.52. The van der Waals surface area contributed by atoms with Gasteiger partial charge >= 0.3 is 5.97 Å². The summed E-state index contributed by atoms with van der Waals surface area (Å²) in [6.45, 7) is 1.76.